The molecular formula is C24H22ClFN4O3. The Kier molecular flexibility index (Phi) is 6.84. The standard InChI is InChI=1S/C24H22ClFN4O3/c25-15-3-5-18-20(7-11-28-21(18)13-15)27-9-1-2-10-29-22(31)8-12-30-23(32)17-6-4-16(26)14-19(17)24(30)33/h3-7,11,13-14H,1-2,8-10,12H2,(H,27,28)(H,29,31). The second-order valence-corrected chi connectivity index (χ2v) is 8.14. The van der Waals surface area contributed by atoms with Gasteiger partial charge in [0, 0.05) is 48.3 Å². The zero-order chi connectivity index (χ0) is 23.4. The summed E-state index contributed by atoms with van der Waals surface area (Å²) in [6.45, 7) is 1.17. The Bertz CT molecular complexity index is 1230. The molecule has 2 N–H and O–H groups in total. The fraction of sp³-hybridized carbons (Fsp3) is 0.250. The summed E-state index contributed by atoms with van der Waals surface area (Å²) in [5.74, 6) is -1.90. The quantitative estimate of drug-likeness (QED) is 0.365. The van der Waals surface area contributed by atoms with Gasteiger partial charge in [0.15, 0.2) is 0 Å². The fourth-order valence-corrected chi connectivity index (χ4v) is 3.91. The van der Waals surface area contributed by atoms with E-state index < -0.39 is 17.6 Å². The van der Waals surface area contributed by atoms with Gasteiger partial charge in [-0.25, -0.2) is 4.39 Å². The number of nitrogens with one attached hydrogen (secondary N) is 2. The van der Waals surface area contributed by atoms with Gasteiger partial charge in [0.2, 0.25) is 5.91 Å². The lowest BCUT2D eigenvalue weighted by atomic mass is 10.1. The molecule has 4 rings (SSSR count). The molecule has 0 unspecified atom stereocenters. The number of imide groups is 1. The average molecular weight is 469 g/mol. The first-order chi connectivity index (χ1) is 15.9. The largest absolute Gasteiger partial charge is 0.384 e. The van der Waals surface area contributed by atoms with Gasteiger partial charge in [0.05, 0.1) is 16.6 Å². The maximum Gasteiger partial charge on any atom is 0.261 e. The van der Waals surface area contributed by atoms with Gasteiger partial charge in [0.25, 0.3) is 11.8 Å². The second kappa shape index (κ2) is 9.95. The third-order valence-corrected chi connectivity index (χ3v) is 5.68. The van der Waals surface area contributed by atoms with Crippen LogP contribution in [-0.4, -0.2) is 47.2 Å². The molecule has 0 saturated heterocycles. The van der Waals surface area contributed by atoms with Crippen LogP contribution in [0.2, 0.25) is 5.02 Å². The van der Waals surface area contributed by atoms with Crippen molar-refractivity contribution in [3.05, 3.63) is 70.6 Å². The normalized spacial score (nSPS) is 12.8. The summed E-state index contributed by atoms with van der Waals surface area (Å²) >= 11 is 6.01. The van der Waals surface area contributed by atoms with Gasteiger partial charge in [-0.2, -0.15) is 0 Å². The third kappa shape index (κ3) is 5.12. The predicted molar refractivity (Wildman–Crippen MR) is 124 cm³/mol. The Hall–Kier alpha value is -3.52. The number of aromatic nitrogens is 1. The first-order valence-electron chi connectivity index (χ1n) is 10.6. The smallest absolute Gasteiger partial charge is 0.261 e. The number of rotatable bonds is 9. The topological polar surface area (TPSA) is 91.4 Å². The Morgan fingerprint density at radius 1 is 1.00 bits per heavy atom. The Balaban J connectivity index is 1.16. The number of nitrogens with zero attached hydrogens (tertiary/aromatic N) is 2. The molecule has 0 saturated carbocycles. The molecule has 2 heterocycles. The van der Waals surface area contributed by atoms with Crippen LogP contribution >= 0.6 is 11.6 Å². The number of halogens is 2. The number of carbonyl (C=O) groups excluding carboxylic acids is 3. The van der Waals surface area contributed by atoms with Gasteiger partial charge in [-0.05, 0) is 55.3 Å². The van der Waals surface area contributed by atoms with Gasteiger partial charge in [-0.3, -0.25) is 24.3 Å². The summed E-state index contributed by atoms with van der Waals surface area (Å²) in [6.07, 6.45) is 3.32. The van der Waals surface area contributed by atoms with E-state index in [-0.39, 0.29) is 30.0 Å². The molecule has 0 radical (unpaired) electrons. The Morgan fingerprint density at radius 2 is 1.79 bits per heavy atom. The fourth-order valence-electron chi connectivity index (χ4n) is 3.74. The van der Waals surface area contributed by atoms with Gasteiger partial charge < -0.3 is 10.6 Å². The molecule has 1 aliphatic rings. The minimum atomic E-state index is -0.578. The van der Waals surface area contributed by atoms with Crippen molar-refractivity contribution >= 4 is 45.9 Å². The first-order valence-corrected chi connectivity index (χ1v) is 11.0. The second-order valence-electron chi connectivity index (χ2n) is 7.71. The van der Waals surface area contributed by atoms with E-state index in [0.717, 1.165) is 53.0 Å². The molecule has 0 spiro atoms. The molecule has 7 nitrogen and oxygen atoms in total. The number of anilines is 1. The number of unbranched alkanes of at least 4 members (excludes halogenated alkanes) is 1. The monoisotopic (exact) mass is 468 g/mol. The number of pyridine rings is 1. The lowest BCUT2D eigenvalue weighted by molar-refractivity contribution is -0.121. The van der Waals surface area contributed by atoms with Crippen molar-refractivity contribution in [1.29, 1.82) is 0 Å². The van der Waals surface area contributed by atoms with Gasteiger partial charge in [-0.1, -0.05) is 11.6 Å². The van der Waals surface area contributed by atoms with Crippen LogP contribution in [-0.2, 0) is 4.79 Å². The van der Waals surface area contributed by atoms with E-state index >= 15 is 0 Å². The van der Waals surface area contributed by atoms with Crippen LogP contribution in [0.1, 0.15) is 40.0 Å². The van der Waals surface area contributed by atoms with Crippen molar-refractivity contribution in [2.24, 2.45) is 0 Å². The highest BCUT2D eigenvalue weighted by atomic mass is 35.5. The van der Waals surface area contributed by atoms with Crippen molar-refractivity contribution in [3.63, 3.8) is 0 Å². The molecule has 0 aliphatic carbocycles. The molecule has 0 bridgehead atoms. The molecule has 170 valence electrons. The van der Waals surface area contributed by atoms with Crippen LogP contribution in [0, 0.1) is 5.82 Å². The summed E-state index contributed by atoms with van der Waals surface area (Å²) < 4.78 is 13.4. The molecule has 33 heavy (non-hydrogen) atoms. The number of hydrogen-bond acceptors (Lipinski definition) is 5. The van der Waals surface area contributed by atoms with E-state index in [9.17, 15) is 18.8 Å². The highest BCUT2D eigenvalue weighted by molar-refractivity contribution is 6.31. The average Bonchev–Trinajstić information content (AvgIpc) is 3.03. The molecule has 1 aromatic heterocycles. The van der Waals surface area contributed by atoms with Crippen LogP contribution < -0.4 is 10.6 Å². The number of amides is 3. The van der Waals surface area contributed by atoms with Crippen LogP contribution in [0.3, 0.4) is 0 Å². The minimum absolute atomic E-state index is 0.00222. The van der Waals surface area contributed by atoms with Gasteiger partial charge in [0.1, 0.15) is 5.82 Å². The number of fused-ring (bicyclic) bond motifs is 2. The van der Waals surface area contributed by atoms with E-state index in [4.69, 9.17) is 11.6 Å². The lowest BCUT2D eigenvalue weighted by Crippen LogP contribution is -2.34. The SMILES string of the molecule is O=C(CCN1C(=O)c2ccc(F)cc2C1=O)NCCCCNc1ccnc2cc(Cl)ccc12. The zero-order valence-electron chi connectivity index (χ0n) is 17.7. The van der Waals surface area contributed by atoms with Gasteiger partial charge in [-0.15, -0.1) is 0 Å². The zero-order valence-corrected chi connectivity index (χ0v) is 18.5. The van der Waals surface area contributed by atoms with Crippen LogP contribution in [0.25, 0.3) is 10.9 Å². The predicted octanol–water partition coefficient (Wildman–Crippen LogP) is 4.02. The maximum absolute atomic E-state index is 13.4. The Labute approximate surface area is 194 Å². The molecule has 3 amide bonds. The van der Waals surface area contributed by atoms with Crippen LogP contribution in [0.15, 0.2) is 48.7 Å². The van der Waals surface area contributed by atoms with Crippen LogP contribution in [0.4, 0.5) is 10.1 Å². The molecule has 0 fully saturated rings. The number of benzene rings is 2. The third-order valence-electron chi connectivity index (χ3n) is 5.44. The van der Waals surface area contributed by atoms with E-state index in [1.165, 1.54) is 6.07 Å². The van der Waals surface area contributed by atoms with E-state index in [1.54, 1.807) is 6.20 Å². The van der Waals surface area contributed by atoms with Crippen molar-refractivity contribution in [1.82, 2.24) is 15.2 Å². The maximum atomic E-state index is 13.4. The van der Waals surface area contributed by atoms with E-state index in [0.29, 0.717) is 11.6 Å². The summed E-state index contributed by atoms with van der Waals surface area (Å²) in [6, 6.07) is 11.0. The molecule has 0 atom stereocenters. The summed E-state index contributed by atoms with van der Waals surface area (Å²) in [5, 5.41) is 7.81. The van der Waals surface area contributed by atoms with Crippen molar-refractivity contribution in [2.75, 3.05) is 25.0 Å². The minimum Gasteiger partial charge on any atom is -0.384 e. The number of carbonyl (C=O) groups is 3. The molecule has 2 aromatic carbocycles. The Morgan fingerprint density at radius 3 is 2.64 bits per heavy atom. The number of hydrogen-bond donors (Lipinski definition) is 2. The van der Waals surface area contributed by atoms with Crippen molar-refractivity contribution in [2.45, 2.75) is 19.3 Å². The summed E-state index contributed by atoms with van der Waals surface area (Å²) in [7, 11) is 0. The lowest BCUT2D eigenvalue weighted by Gasteiger charge is -2.13. The van der Waals surface area contributed by atoms with Crippen molar-refractivity contribution in [3.8, 4) is 0 Å². The van der Waals surface area contributed by atoms with Crippen molar-refractivity contribution < 1.29 is 18.8 Å². The van der Waals surface area contributed by atoms with E-state index in [1.807, 2.05) is 24.3 Å². The van der Waals surface area contributed by atoms with Gasteiger partial charge >= 0.3 is 0 Å². The highest BCUT2D eigenvalue weighted by Gasteiger charge is 2.35. The molecule has 3 aromatic rings. The molecule has 9 heteroatoms. The highest BCUT2D eigenvalue weighted by Crippen LogP contribution is 2.25. The first kappa shape index (κ1) is 22.7. The molecular weight excluding hydrogens is 447 g/mol. The van der Waals surface area contributed by atoms with Crippen LogP contribution in [0.5, 0.6) is 0 Å². The summed E-state index contributed by atoms with van der Waals surface area (Å²) in [5.41, 5.74) is 2.00. The summed E-state index contributed by atoms with van der Waals surface area (Å²) in [4.78, 5) is 42.0. The molecule has 1 aliphatic heterocycles. The van der Waals surface area contributed by atoms with E-state index in [2.05, 4.69) is 15.6 Å².